The summed E-state index contributed by atoms with van der Waals surface area (Å²) in [5.41, 5.74) is 4.28. The molecule has 1 saturated heterocycles. The van der Waals surface area contributed by atoms with Crippen molar-refractivity contribution in [2.45, 2.75) is 26.1 Å². The number of piperazine rings is 1. The molecule has 0 aliphatic carbocycles. The Hall–Kier alpha value is -3.37. The lowest BCUT2D eigenvalue weighted by molar-refractivity contribution is -0.138. The molecule has 1 fully saturated rings. The van der Waals surface area contributed by atoms with Crippen LogP contribution in [0.15, 0.2) is 36.4 Å². The van der Waals surface area contributed by atoms with Gasteiger partial charge in [-0.1, -0.05) is 26.0 Å². The average molecular weight is 451 g/mol. The quantitative estimate of drug-likeness (QED) is 0.749. The van der Waals surface area contributed by atoms with Crippen LogP contribution >= 0.6 is 0 Å². The lowest BCUT2D eigenvalue weighted by atomic mass is 10.0. The van der Waals surface area contributed by atoms with Crippen molar-refractivity contribution in [1.82, 2.24) is 15.1 Å². The summed E-state index contributed by atoms with van der Waals surface area (Å²) in [7, 11) is 0. The summed E-state index contributed by atoms with van der Waals surface area (Å²) in [6.45, 7) is 4.98. The molecule has 1 aromatic heterocycles. The predicted molar refractivity (Wildman–Crippen MR) is 110 cm³/mol. The Morgan fingerprint density at radius 1 is 1.03 bits per heavy atom. The highest BCUT2D eigenvalue weighted by Gasteiger charge is 2.36. The number of aromatic nitrogens is 2. The number of carbonyl (C=O) groups excluding carboxylic acids is 2. The van der Waals surface area contributed by atoms with Crippen molar-refractivity contribution in [1.29, 1.82) is 0 Å². The maximum Gasteiger partial charge on any atom is 0.417 e. The Kier molecular flexibility index (Phi) is 6.85. The van der Waals surface area contributed by atoms with Gasteiger partial charge in [-0.25, -0.2) is 4.79 Å². The highest BCUT2D eigenvalue weighted by Crippen LogP contribution is 2.32. The monoisotopic (exact) mass is 451 g/mol. The molecule has 0 bridgehead atoms. The van der Waals surface area contributed by atoms with Crippen LogP contribution in [0.5, 0.6) is 0 Å². The van der Waals surface area contributed by atoms with Gasteiger partial charge in [0.15, 0.2) is 5.82 Å². The van der Waals surface area contributed by atoms with Gasteiger partial charge < -0.3 is 20.3 Å². The molecule has 1 aliphatic heterocycles. The van der Waals surface area contributed by atoms with Gasteiger partial charge in [0.1, 0.15) is 11.8 Å². The van der Waals surface area contributed by atoms with E-state index in [-0.39, 0.29) is 24.6 Å². The Balaban J connectivity index is 1.66. The van der Waals surface area contributed by atoms with Gasteiger partial charge in [0.25, 0.3) is 5.91 Å². The van der Waals surface area contributed by atoms with Crippen molar-refractivity contribution in [3.63, 3.8) is 0 Å². The van der Waals surface area contributed by atoms with E-state index >= 15 is 0 Å². The summed E-state index contributed by atoms with van der Waals surface area (Å²) in [5.74, 6) is -0.155. The summed E-state index contributed by atoms with van der Waals surface area (Å²) >= 11 is 0. The van der Waals surface area contributed by atoms with Gasteiger partial charge in [0, 0.05) is 26.2 Å². The van der Waals surface area contributed by atoms with Gasteiger partial charge in [-0.05, 0) is 30.2 Å². The largest absolute Gasteiger partial charge is 0.440 e. The third kappa shape index (κ3) is 5.27. The van der Waals surface area contributed by atoms with Crippen molar-refractivity contribution in [2.24, 2.45) is 11.7 Å². The summed E-state index contributed by atoms with van der Waals surface area (Å²) in [6.07, 6.45) is -6.13. The number of hydrogen-bond donors (Lipinski definition) is 1. The fourth-order valence-electron chi connectivity index (χ4n) is 3.54. The number of amides is 2. The van der Waals surface area contributed by atoms with Gasteiger partial charge >= 0.3 is 12.3 Å². The molecular formula is C21H24F3N5O3. The van der Waals surface area contributed by atoms with Crippen molar-refractivity contribution < 1.29 is 27.5 Å². The number of nitrogens with two attached hydrogens (primary N) is 1. The first-order chi connectivity index (χ1) is 15.1. The fourth-order valence-corrected chi connectivity index (χ4v) is 3.54. The first-order valence-corrected chi connectivity index (χ1v) is 10.1. The summed E-state index contributed by atoms with van der Waals surface area (Å²) in [6, 6.07) is 8.19. The fraction of sp³-hybridized carbons (Fsp3) is 0.429. The van der Waals surface area contributed by atoms with E-state index in [0.717, 1.165) is 6.07 Å². The second kappa shape index (κ2) is 9.41. The molecule has 8 nitrogen and oxygen atoms in total. The zero-order chi connectivity index (χ0) is 23.5. The van der Waals surface area contributed by atoms with Crippen molar-refractivity contribution in [3.05, 3.63) is 53.2 Å². The maximum atomic E-state index is 13.2. The molecule has 0 radical (unpaired) electrons. The smallest absolute Gasteiger partial charge is 0.417 e. The summed E-state index contributed by atoms with van der Waals surface area (Å²) < 4.78 is 44.8. The molecule has 1 aromatic carbocycles. The van der Waals surface area contributed by atoms with Crippen molar-refractivity contribution in [3.8, 4) is 0 Å². The number of benzene rings is 1. The molecule has 11 heteroatoms. The maximum absolute atomic E-state index is 13.2. The predicted octanol–water partition coefficient (Wildman–Crippen LogP) is 3.25. The van der Waals surface area contributed by atoms with Crippen LogP contribution in [0.25, 0.3) is 0 Å². The number of primary amides is 1. The molecule has 0 saturated carbocycles. The van der Waals surface area contributed by atoms with Crippen LogP contribution in [0.2, 0.25) is 0 Å². The minimum atomic E-state index is -4.60. The molecule has 2 heterocycles. The third-order valence-corrected chi connectivity index (χ3v) is 5.16. The van der Waals surface area contributed by atoms with E-state index in [2.05, 4.69) is 10.2 Å². The second-order valence-corrected chi connectivity index (χ2v) is 7.74. The number of anilines is 1. The van der Waals surface area contributed by atoms with Gasteiger partial charge in [-0.15, -0.1) is 10.2 Å². The van der Waals surface area contributed by atoms with E-state index < -0.39 is 29.8 Å². The zero-order valence-corrected chi connectivity index (χ0v) is 17.7. The third-order valence-electron chi connectivity index (χ3n) is 5.16. The zero-order valence-electron chi connectivity index (χ0n) is 17.7. The van der Waals surface area contributed by atoms with Crippen LogP contribution in [0.3, 0.4) is 0 Å². The van der Waals surface area contributed by atoms with Crippen molar-refractivity contribution >= 4 is 17.8 Å². The molecule has 3 rings (SSSR count). The lowest BCUT2D eigenvalue weighted by Crippen LogP contribution is -2.49. The minimum Gasteiger partial charge on any atom is -0.440 e. The number of nitrogens with zero attached hydrogens (tertiary/aromatic N) is 4. The molecular weight excluding hydrogens is 427 g/mol. The number of alkyl halides is 3. The number of hydrogen-bond acceptors (Lipinski definition) is 6. The molecule has 1 atom stereocenters. The molecule has 2 N–H and O–H groups in total. The van der Waals surface area contributed by atoms with E-state index in [9.17, 15) is 22.8 Å². The second-order valence-electron chi connectivity index (χ2n) is 7.74. The van der Waals surface area contributed by atoms with E-state index in [1.54, 1.807) is 12.1 Å². The van der Waals surface area contributed by atoms with Gasteiger partial charge in [0.05, 0.1) is 11.1 Å². The van der Waals surface area contributed by atoms with E-state index in [4.69, 9.17) is 10.5 Å². The van der Waals surface area contributed by atoms with Gasteiger partial charge in [-0.2, -0.15) is 13.2 Å². The highest BCUT2D eigenvalue weighted by molar-refractivity contribution is 5.96. The minimum absolute atomic E-state index is 0.0585. The normalized spacial score (nSPS) is 15.6. The van der Waals surface area contributed by atoms with E-state index in [1.807, 2.05) is 18.7 Å². The molecule has 2 amide bonds. The lowest BCUT2D eigenvalue weighted by Gasteiger charge is -2.35. The Labute approximate surface area is 183 Å². The van der Waals surface area contributed by atoms with Crippen LogP contribution in [0.1, 0.15) is 41.6 Å². The Bertz CT molecular complexity index is 958. The number of carbonyl (C=O) groups is 2. The number of ether oxygens (including phenoxy) is 1. The highest BCUT2D eigenvalue weighted by atomic mass is 19.4. The standard InChI is InChI=1S/C21H24F3N5O3/c1-13(2)18(32-20(25)31)16-7-8-17(27-26-16)28-9-11-29(12-10-28)19(30)14-5-3-4-6-15(14)21(22,23)24/h3-8,13,18H,9-12H2,1-2H3,(H2,25,31). The van der Waals surface area contributed by atoms with Gasteiger partial charge in [0.2, 0.25) is 0 Å². The van der Waals surface area contributed by atoms with Crippen LogP contribution in [0.4, 0.5) is 23.8 Å². The van der Waals surface area contributed by atoms with E-state index in [1.165, 1.54) is 23.1 Å². The average Bonchev–Trinajstić information content (AvgIpc) is 2.76. The van der Waals surface area contributed by atoms with Crippen molar-refractivity contribution in [2.75, 3.05) is 31.1 Å². The molecule has 32 heavy (non-hydrogen) atoms. The molecule has 1 aliphatic rings. The summed E-state index contributed by atoms with van der Waals surface area (Å²) in [4.78, 5) is 27.1. The van der Waals surface area contributed by atoms with Crippen LogP contribution < -0.4 is 10.6 Å². The SMILES string of the molecule is CC(C)C(OC(N)=O)c1ccc(N2CCN(C(=O)c3ccccc3C(F)(F)F)CC2)nn1. The molecule has 2 aromatic rings. The molecule has 172 valence electrons. The number of halogens is 3. The Morgan fingerprint density at radius 3 is 2.22 bits per heavy atom. The van der Waals surface area contributed by atoms with E-state index in [0.29, 0.717) is 24.6 Å². The molecule has 0 spiro atoms. The molecule has 1 unspecified atom stereocenters. The topological polar surface area (TPSA) is 102 Å². The number of rotatable bonds is 5. The van der Waals surface area contributed by atoms with Crippen LogP contribution in [-0.2, 0) is 10.9 Å². The first kappa shape index (κ1) is 23.3. The van der Waals surface area contributed by atoms with Crippen LogP contribution in [-0.4, -0.2) is 53.3 Å². The first-order valence-electron chi connectivity index (χ1n) is 10.1. The Morgan fingerprint density at radius 2 is 1.69 bits per heavy atom. The van der Waals surface area contributed by atoms with Crippen LogP contribution in [0, 0.1) is 5.92 Å². The summed E-state index contributed by atoms with van der Waals surface area (Å²) in [5, 5.41) is 8.32. The van der Waals surface area contributed by atoms with Gasteiger partial charge in [-0.3, -0.25) is 4.79 Å².